The summed E-state index contributed by atoms with van der Waals surface area (Å²) in [7, 11) is 0. The number of hydrogen-bond acceptors (Lipinski definition) is 20. The standard InChI is InChI=1S/C44H68O20/c1-16-14-58-44(38(56)29(16)49)23(12-45)28-25(64-44)11-22-20-6-5-18-9-19(47)10-27(43(18,4)21(20)7-8-42(22,28)3)61-41-37(63-40-35(55)33(53)30(50)17(2)59-40)36(32(52)26(13-46)60-41)62-39-34(54)31(51)24(48)15-57-39/h5,17,19-41,45-56H,1,6-15H2,2-4H3. The van der Waals surface area contributed by atoms with Gasteiger partial charge in [-0.25, -0.2) is 0 Å². The minimum absolute atomic E-state index is 0.0122. The Kier molecular flexibility index (Phi) is 13.1. The van der Waals surface area contributed by atoms with Crippen LogP contribution in [0.5, 0.6) is 0 Å². The summed E-state index contributed by atoms with van der Waals surface area (Å²) in [6.45, 7) is 8.09. The summed E-state index contributed by atoms with van der Waals surface area (Å²) < 4.78 is 49.8. The monoisotopic (exact) mass is 916 g/mol. The van der Waals surface area contributed by atoms with E-state index < -0.39 is 141 Å². The highest BCUT2D eigenvalue weighted by atomic mass is 16.8. The van der Waals surface area contributed by atoms with Crippen LogP contribution in [-0.2, 0) is 37.9 Å². The molecule has 12 N–H and O–H groups in total. The van der Waals surface area contributed by atoms with Gasteiger partial charge < -0.3 is 99.2 Å². The van der Waals surface area contributed by atoms with Gasteiger partial charge in [-0.15, -0.1) is 0 Å². The molecular weight excluding hydrogens is 848 g/mol. The summed E-state index contributed by atoms with van der Waals surface area (Å²) in [4.78, 5) is 0. The topological polar surface area (TPSA) is 317 Å². The molecule has 3 saturated carbocycles. The first-order chi connectivity index (χ1) is 30.3. The van der Waals surface area contributed by atoms with Gasteiger partial charge in [0, 0.05) is 23.7 Å². The molecule has 1 spiro atoms. The average Bonchev–Trinajstić information content (AvgIpc) is 3.75. The Hall–Kier alpha value is -1.32. The molecule has 5 saturated heterocycles. The van der Waals surface area contributed by atoms with Crippen LogP contribution >= 0.6 is 0 Å². The van der Waals surface area contributed by atoms with E-state index in [1.54, 1.807) is 0 Å². The summed E-state index contributed by atoms with van der Waals surface area (Å²) in [6, 6.07) is 0. The lowest BCUT2D eigenvalue weighted by molar-refractivity contribution is -0.393. The van der Waals surface area contributed by atoms with Crippen molar-refractivity contribution in [3.63, 3.8) is 0 Å². The van der Waals surface area contributed by atoms with E-state index in [2.05, 4.69) is 26.5 Å². The van der Waals surface area contributed by atoms with Crippen molar-refractivity contribution in [2.45, 2.75) is 182 Å². The number of rotatable bonds is 8. The highest BCUT2D eigenvalue weighted by Crippen LogP contribution is 2.71. The highest BCUT2D eigenvalue weighted by molar-refractivity contribution is 5.29. The van der Waals surface area contributed by atoms with Crippen LogP contribution in [0.15, 0.2) is 23.8 Å². The van der Waals surface area contributed by atoms with Gasteiger partial charge in [0.15, 0.2) is 18.9 Å². The third kappa shape index (κ3) is 7.33. The van der Waals surface area contributed by atoms with Crippen LogP contribution in [0, 0.1) is 40.4 Å². The van der Waals surface area contributed by atoms with Crippen molar-refractivity contribution < 1.29 is 99.2 Å². The van der Waals surface area contributed by atoms with E-state index in [1.165, 1.54) is 6.92 Å². The maximum absolute atomic E-state index is 11.7. The van der Waals surface area contributed by atoms with Gasteiger partial charge in [0.05, 0.1) is 50.8 Å². The molecule has 0 aromatic rings. The zero-order chi connectivity index (χ0) is 45.9. The lowest BCUT2D eigenvalue weighted by Gasteiger charge is -2.61. The Labute approximate surface area is 370 Å². The second-order valence-corrected chi connectivity index (χ2v) is 20.5. The summed E-state index contributed by atoms with van der Waals surface area (Å²) in [6.07, 6.45) is -21.4. The molecular formula is C44H68O20. The maximum Gasteiger partial charge on any atom is 0.203 e. The van der Waals surface area contributed by atoms with Crippen molar-refractivity contribution in [3.05, 3.63) is 23.8 Å². The molecule has 0 amide bonds. The first-order valence-electron chi connectivity index (χ1n) is 22.9. The van der Waals surface area contributed by atoms with E-state index >= 15 is 0 Å². The van der Waals surface area contributed by atoms with Crippen LogP contribution in [0.2, 0.25) is 0 Å². The Morgan fingerprint density at radius 3 is 2.22 bits per heavy atom. The zero-order valence-corrected chi connectivity index (χ0v) is 36.3. The first kappa shape index (κ1) is 47.7. The van der Waals surface area contributed by atoms with Crippen LogP contribution in [0.25, 0.3) is 0 Å². The Morgan fingerprint density at radius 2 is 1.50 bits per heavy atom. The quantitative estimate of drug-likeness (QED) is 0.106. The van der Waals surface area contributed by atoms with Crippen molar-refractivity contribution in [3.8, 4) is 0 Å². The molecule has 5 aliphatic heterocycles. The number of aliphatic hydroxyl groups is 12. The van der Waals surface area contributed by atoms with E-state index in [1.807, 2.05) is 0 Å². The van der Waals surface area contributed by atoms with Crippen LogP contribution in [0.4, 0.5) is 0 Å². The van der Waals surface area contributed by atoms with Gasteiger partial charge in [0.25, 0.3) is 0 Å². The Morgan fingerprint density at radius 1 is 0.781 bits per heavy atom. The number of fused-ring (bicyclic) bond motifs is 7. The first-order valence-corrected chi connectivity index (χ1v) is 22.9. The van der Waals surface area contributed by atoms with E-state index in [0.29, 0.717) is 37.7 Å². The fraction of sp³-hybridized carbons (Fsp3) is 0.909. The number of ether oxygens (including phenoxy) is 8. The molecule has 9 rings (SSSR count). The minimum atomic E-state index is -1.82. The van der Waals surface area contributed by atoms with Crippen LogP contribution in [-0.4, -0.2) is 210 Å². The van der Waals surface area contributed by atoms with Crippen LogP contribution < -0.4 is 0 Å². The van der Waals surface area contributed by atoms with Gasteiger partial charge in [-0.1, -0.05) is 32.1 Å². The van der Waals surface area contributed by atoms with Crippen molar-refractivity contribution in [1.82, 2.24) is 0 Å². The predicted molar refractivity (Wildman–Crippen MR) is 214 cm³/mol. The summed E-state index contributed by atoms with van der Waals surface area (Å²) in [5, 5.41) is 131. The van der Waals surface area contributed by atoms with E-state index in [4.69, 9.17) is 37.9 Å². The van der Waals surface area contributed by atoms with Gasteiger partial charge in [-0.3, -0.25) is 0 Å². The van der Waals surface area contributed by atoms with Gasteiger partial charge in [0.1, 0.15) is 73.2 Å². The van der Waals surface area contributed by atoms with Crippen molar-refractivity contribution in [1.29, 1.82) is 0 Å². The molecule has 0 aromatic heterocycles. The lowest BCUT2D eigenvalue weighted by Crippen LogP contribution is -2.67. The van der Waals surface area contributed by atoms with Crippen LogP contribution in [0.3, 0.4) is 0 Å². The maximum atomic E-state index is 11.7. The molecule has 9 aliphatic rings. The SMILES string of the molecule is C=C1COC2(OC3CC4C5CC=C6CC(O)CC(OC7OC(CO)C(O)C(OC8OCC(O)C(O)C8O)C7OC7OC(C)C(O)C(O)C7O)C6(C)C5CCC4(C)C3C2CO)C(O)C1O. The van der Waals surface area contributed by atoms with E-state index in [0.717, 1.165) is 5.57 Å². The van der Waals surface area contributed by atoms with E-state index in [-0.39, 0.29) is 54.8 Å². The minimum Gasteiger partial charge on any atom is -0.396 e. The van der Waals surface area contributed by atoms with Crippen molar-refractivity contribution in [2.75, 3.05) is 26.4 Å². The molecule has 5 heterocycles. The van der Waals surface area contributed by atoms with Crippen LogP contribution in [0.1, 0.15) is 59.3 Å². The fourth-order valence-corrected chi connectivity index (χ4v) is 13.8. The van der Waals surface area contributed by atoms with Gasteiger partial charge in [-0.05, 0) is 67.8 Å². The predicted octanol–water partition coefficient (Wildman–Crippen LogP) is -3.34. The Balaban J connectivity index is 1.02. The van der Waals surface area contributed by atoms with Gasteiger partial charge >= 0.3 is 0 Å². The normalized spacial score (nSPS) is 57.4. The molecule has 8 fully saturated rings. The summed E-state index contributed by atoms with van der Waals surface area (Å²) in [5.74, 6) is -2.25. The average molecular weight is 917 g/mol. The molecule has 364 valence electrons. The molecule has 0 aromatic carbocycles. The third-order valence-corrected chi connectivity index (χ3v) is 17.3. The summed E-state index contributed by atoms with van der Waals surface area (Å²) >= 11 is 0. The molecule has 0 bridgehead atoms. The van der Waals surface area contributed by atoms with Gasteiger partial charge in [-0.2, -0.15) is 0 Å². The van der Waals surface area contributed by atoms with Crippen molar-refractivity contribution >= 4 is 0 Å². The smallest absolute Gasteiger partial charge is 0.203 e. The number of aliphatic hydroxyl groups excluding tert-OH is 12. The molecule has 64 heavy (non-hydrogen) atoms. The van der Waals surface area contributed by atoms with Crippen molar-refractivity contribution in [2.24, 2.45) is 40.4 Å². The lowest BCUT2D eigenvalue weighted by atomic mass is 9.46. The zero-order valence-electron chi connectivity index (χ0n) is 36.3. The second-order valence-electron chi connectivity index (χ2n) is 20.5. The highest BCUT2D eigenvalue weighted by Gasteiger charge is 2.73. The molecule has 20 heteroatoms. The second kappa shape index (κ2) is 17.6. The number of allylic oxidation sites excluding steroid dienone is 1. The number of hydrogen-bond donors (Lipinski definition) is 12. The van der Waals surface area contributed by atoms with Gasteiger partial charge in [0.2, 0.25) is 5.79 Å². The molecule has 4 aliphatic carbocycles. The largest absolute Gasteiger partial charge is 0.396 e. The molecule has 27 unspecified atom stereocenters. The molecule has 0 radical (unpaired) electrons. The third-order valence-electron chi connectivity index (χ3n) is 17.3. The summed E-state index contributed by atoms with van der Waals surface area (Å²) in [5.41, 5.74) is 0.226. The molecule has 27 atom stereocenters. The fourth-order valence-electron chi connectivity index (χ4n) is 13.8. The van der Waals surface area contributed by atoms with E-state index in [9.17, 15) is 61.3 Å². The molecule has 20 nitrogen and oxygen atoms in total. The Bertz CT molecular complexity index is 1740.